The maximum absolute atomic E-state index is 13.0. The first kappa shape index (κ1) is 10.9. The van der Waals surface area contributed by atoms with E-state index in [2.05, 4.69) is 4.74 Å². The van der Waals surface area contributed by atoms with E-state index in [1.54, 1.807) is 0 Å². The van der Waals surface area contributed by atoms with E-state index < -0.39 is 17.8 Å². The third kappa shape index (κ3) is 2.14. The molecule has 4 nitrogen and oxygen atoms in total. The van der Waals surface area contributed by atoms with E-state index in [0.717, 1.165) is 0 Å². The Kier molecular flexibility index (Phi) is 2.78. The van der Waals surface area contributed by atoms with Crippen molar-refractivity contribution >= 4 is 29.2 Å². The van der Waals surface area contributed by atoms with Crippen LogP contribution in [0.4, 0.5) is 10.1 Å². The summed E-state index contributed by atoms with van der Waals surface area (Å²) in [6.45, 7) is -0.232. The Morgan fingerprint density at radius 3 is 2.50 bits per heavy atom. The number of rotatable bonds is 1. The van der Waals surface area contributed by atoms with E-state index in [0.29, 0.717) is 5.69 Å². The monoisotopic (exact) mass is 243 g/mol. The Hall–Kier alpha value is -1.62. The molecule has 0 N–H and O–H groups in total. The molecular weight excluding hydrogens is 237 g/mol. The Bertz CT molecular complexity index is 447. The molecule has 0 aromatic heterocycles. The minimum Gasteiger partial charge on any atom is -0.390 e. The quantitative estimate of drug-likeness (QED) is 0.552. The number of hydrogen-bond acceptors (Lipinski definition) is 4. The molecule has 16 heavy (non-hydrogen) atoms. The van der Waals surface area contributed by atoms with Crippen molar-refractivity contribution in [2.75, 3.05) is 18.0 Å². The van der Waals surface area contributed by atoms with Gasteiger partial charge in [-0.2, -0.15) is 0 Å². The van der Waals surface area contributed by atoms with E-state index in [4.69, 9.17) is 11.6 Å². The van der Waals surface area contributed by atoms with Crippen LogP contribution in [-0.4, -0.2) is 25.0 Å². The molecular formula is C10H7ClFNO3. The minimum atomic E-state index is -0.670. The van der Waals surface area contributed by atoms with Crippen LogP contribution in [0.5, 0.6) is 0 Å². The highest BCUT2D eigenvalue weighted by molar-refractivity contribution is 6.33. The van der Waals surface area contributed by atoms with Crippen molar-refractivity contribution in [1.82, 2.24) is 0 Å². The van der Waals surface area contributed by atoms with Gasteiger partial charge in [-0.05, 0) is 18.2 Å². The van der Waals surface area contributed by atoms with Gasteiger partial charge in [0.05, 0.1) is 10.7 Å². The van der Waals surface area contributed by atoms with Gasteiger partial charge in [0.2, 0.25) is 0 Å². The maximum Gasteiger partial charge on any atom is 0.333 e. The summed E-state index contributed by atoms with van der Waals surface area (Å²) in [6, 6.07) is 3.75. The number of carbonyl (C=O) groups is 2. The van der Waals surface area contributed by atoms with Crippen LogP contribution in [-0.2, 0) is 14.3 Å². The SMILES string of the molecule is O=C1CN(c2cc(F)ccc2Cl)CC(=O)O1. The molecule has 1 fully saturated rings. The van der Waals surface area contributed by atoms with Gasteiger partial charge >= 0.3 is 11.9 Å². The van der Waals surface area contributed by atoms with Crippen LogP contribution >= 0.6 is 11.6 Å². The van der Waals surface area contributed by atoms with Crippen molar-refractivity contribution in [2.24, 2.45) is 0 Å². The lowest BCUT2D eigenvalue weighted by Crippen LogP contribution is -2.43. The highest BCUT2D eigenvalue weighted by atomic mass is 35.5. The van der Waals surface area contributed by atoms with E-state index in [1.807, 2.05) is 0 Å². The number of anilines is 1. The summed E-state index contributed by atoms with van der Waals surface area (Å²) in [4.78, 5) is 23.4. The van der Waals surface area contributed by atoms with Crippen molar-refractivity contribution < 1.29 is 18.7 Å². The lowest BCUT2D eigenvalue weighted by Gasteiger charge is -2.26. The van der Waals surface area contributed by atoms with Crippen LogP contribution in [0.1, 0.15) is 0 Å². The van der Waals surface area contributed by atoms with Gasteiger partial charge < -0.3 is 9.64 Å². The van der Waals surface area contributed by atoms with Crippen LogP contribution in [0.25, 0.3) is 0 Å². The average Bonchev–Trinajstić information content (AvgIpc) is 2.20. The molecule has 1 aliphatic rings. The molecule has 0 spiro atoms. The van der Waals surface area contributed by atoms with Gasteiger partial charge in [0.25, 0.3) is 0 Å². The number of cyclic esters (lactones) is 2. The lowest BCUT2D eigenvalue weighted by atomic mass is 10.2. The fourth-order valence-electron chi connectivity index (χ4n) is 1.46. The summed E-state index contributed by atoms with van der Waals surface area (Å²) in [6.07, 6.45) is 0. The Morgan fingerprint density at radius 1 is 1.25 bits per heavy atom. The highest BCUT2D eigenvalue weighted by Gasteiger charge is 2.26. The van der Waals surface area contributed by atoms with Gasteiger partial charge in [-0.3, -0.25) is 0 Å². The zero-order chi connectivity index (χ0) is 11.7. The largest absolute Gasteiger partial charge is 0.390 e. The van der Waals surface area contributed by atoms with Crippen molar-refractivity contribution in [3.8, 4) is 0 Å². The average molecular weight is 244 g/mol. The summed E-state index contributed by atoms with van der Waals surface area (Å²) >= 11 is 5.85. The van der Waals surface area contributed by atoms with Crippen molar-refractivity contribution in [2.45, 2.75) is 0 Å². The molecule has 0 atom stereocenters. The fourth-order valence-corrected chi connectivity index (χ4v) is 1.69. The summed E-state index contributed by atoms with van der Waals surface area (Å²) in [7, 11) is 0. The smallest absolute Gasteiger partial charge is 0.333 e. The first-order valence-electron chi connectivity index (χ1n) is 4.50. The second-order valence-electron chi connectivity index (χ2n) is 3.30. The predicted octanol–water partition coefficient (Wildman–Crippen LogP) is 1.37. The van der Waals surface area contributed by atoms with Gasteiger partial charge in [0, 0.05) is 0 Å². The standard InChI is InChI=1S/C10H7ClFNO3/c11-7-2-1-6(12)3-8(7)13-4-9(14)16-10(15)5-13/h1-3H,4-5H2. The third-order valence-corrected chi connectivity index (χ3v) is 2.44. The molecule has 2 rings (SSSR count). The first-order valence-corrected chi connectivity index (χ1v) is 4.87. The maximum atomic E-state index is 13.0. The minimum absolute atomic E-state index is 0.116. The summed E-state index contributed by atoms with van der Waals surface area (Å²) in [5, 5.41) is 0.281. The van der Waals surface area contributed by atoms with Crippen LogP contribution < -0.4 is 4.90 Å². The molecule has 0 unspecified atom stereocenters. The number of hydrogen-bond donors (Lipinski definition) is 0. The topological polar surface area (TPSA) is 46.6 Å². The van der Waals surface area contributed by atoms with Gasteiger partial charge in [0.15, 0.2) is 0 Å². The second kappa shape index (κ2) is 4.09. The van der Waals surface area contributed by atoms with Gasteiger partial charge in [-0.25, -0.2) is 14.0 Å². The molecule has 84 valence electrons. The number of ether oxygens (including phenoxy) is 1. The van der Waals surface area contributed by atoms with Crippen molar-refractivity contribution in [3.63, 3.8) is 0 Å². The number of nitrogens with zero attached hydrogens (tertiary/aromatic N) is 1. The molecule has 0 saturated carbocycles. The number of benzene rings is 1. The zero-order valence-corrected chi connectivity index (χ0v) is 8.83. The normalized spacial score (nSPS) is 16.2. The van der Waals surface area contributed by atoms with E-state index >= 15 is 0 Å². The Morgan fingerprint density at radius 2 is 1.88 bits per heavy atom. The van der Waals surface area contributed by atoms with Crippen LogP contribution in [0.3, 0.4) is 0 Å². The molecule has 1 saturated heterocycles. The van der Waals surface area contributed by atoms with E-state index in [1.165, 1.54) is 23.1 Å². The van der Waals surface area contributed by atoms with Crippen molar-refractivity contribution in [3.05, 3.63) is 29.0 Å². The molecule has 1 aliphatic heterocycles. The fraction of sp³-hybridized carbons (Fsp3) is 0.200. The van der Waals surface area contributed by atoms with Gasteiger partial charge in [-0.15, -0.1) is 0 Å². The number of carbonyl (C=O) groups excluding carboxylic acids is 2. The third-order valence-electron chi connectivity index (χ3n) is 2.12. The van der Waals surface area contributed by atoms with Crippen LogP contribution in [0.2, 0.25) is 5.02 Å². The molecule has 0 bridgehead atoms. The molecule has 1 heterocycles. The molecule has 0 aliphatic carbocycles. The zero-order valence-electron chi connectivity index (χ0n) is 8.07. The Labute approximate surface area is 95.6 Å². The highest BCUT2D eigenvalue weighted by Crippen LogP contribution is 2.27. The molecule has 1 aromatic carbocycles. The van der Waals surface area contributed by atoms with Gasteiger partial charge in [-0.1, -0.05) is 11.6 Å². The summed E-state index contributed by atoms with van der Waals surface area (Å²) in [5.74, 6) is -1.82. The second-order valence-corrected chi connectivity index (χ2v) is 3.71. The van der Waals surface area contributed by atoms with E-state index in [9.17, 15) is 14.0 Å². The Balaban J connectivity index is 2.32. The van der Waals surface area contributed by atoms with E-state index in [-0.39, 0.29) is 18.1 Å². The van der Waals surface area contributed by atoms with Gasteiger partial charge in [0.1, 0.15) is 18.9 Å². The number of morpholine rings is 1. The predicted molar refractivity (Wildman–Crippen MR) is 54.7 cm³/mol. The lowest BCUT2D eigenvalue weighted by molar-refractivity contribution is -0.160. The first-order chi connectivity index (χ1) is 7.56. The van der Waals surface area contributed by atoms with Crippen LogP contribution in [0, 0.1) is 5.82 Å². The van der Waals surface area contributed by atoms with Crippen molar-refractivity contribution in [1.29, 1.82) is 0 Å². The molecule has 0 amide bonds. The molecule has 6 heteroatoms. The number of esters is 2. The van der Waals surface area contributed by atoms with Crippen LogP contribution in [0.15, 0.2) is 18.2 Å². The molecule has 1 aromatic rings. The summed E-state index contributed by atoms with van der Waals surface area (Å²) < 4.78 is 17.4. The molecule has 0 radical (unpaired) electrons. The number of halogens is 2. The summed E-state index contributed by atoms with van der Waals surface area (Å²) in [5.41, 5.74) is 0.312.